The number of carbonyl (C=O) groups is 1. The van der Waals surface area contributed by atoms with Gasteiger partial charge in [-0.2, -0.15) is 0 Å². The van der Waals surface area contributed by atoms with Crippen LogP contribution in [0.1, 0.15) is 10.6 Å². The van der Waals surface area contributed by atoms with Crippen LogP contribution >= 0.6 is 11.3 Å². The van der Waals surface area contributed by atoms with Crippen LogP contribution in [0.2, 0.25) is 0 Å². The van der Waals surface area contributed by atoms with Gasteiger partial charge in [0.25, 0.3) is 15.9 Å². The molecule has 0 unspecified atom stereocenters. The largest absolute Gasteiger partial charge is 0.483 e. The van der Waals surface area contributed by atoms with Gasteiger partial charge in [-0.05, 0) is 74.0 Å². The van der Waals surface area contributed by atoms with Gasteiger partial charge in [0, 0.05) is 22.3 Å². The quantitative estimate of drug-likeness (QED) is 0.331. The Morgan fingerprint density at radius 2 is 1.80 bits per heavy atom. The number of aryl methyl sites for hydroxylation is 2. The first-order chi connectivity index (χ1) is 16.7. The average molecular weight is 512 g/mol. The summed E-state index contributed by atoms with van der Waals surface area (Å²) in [6.45, 7) is 3.37. The van der Waals surface area contributed by atoms with E-state index in [4.69, 9.17) is 4.74 Å². The molecule has 1 heterocycles. The number of carbonyl (C=O) groups excluding carboxylic acids is 1. The maximum atomic E-state index is 13.1. The average Bonchev–Trinajstić information content (AvgIpc) is 3.26. The van der Waals surface area contributed by atoms with Crippen molar-refractivity contribution in [2.75, 3.05) is 16.6 Å². The molecule has 4 rings (SSSR count). The minimum Gasteiger partial charge on any atom is -0.483 e. The van der Waals surface area contributed by atoms with Crippen LogP contribution in [0.25, 0.3) is 11.3 Å². The number of sulfonamides is 1. The van der Waals surface area contributed by atoms with E-state index >= 15 is 0 Å². The highest BCUT2D eigenvalue weighted by molar-refractivity contribution is 7.92. The molecule has 0 saturated carbocycles. The normalized spacial score (nSPS) is 11.2. The van der Waals surface area contributed by atoms with Gasteiger partial charge in [-0.1, -0.05) is 12.1 Å². The van der Waals surface area contributed by atoms with Gasteiger partial charge in [-0.15, -0.1) is 11.3 Å². The molecule has 4 aromatic rings. The third-order valence-electron chi connectivity index (χ3n) is 4.97. The van der Waals surface area contributed by atoms with E-state index < -0.39 is 15.8 Å². The van der Waals surface area contributed by atoms with Gasteiger partial charge in [-0.3, -0.25) is 9.52 Å². The van der Waals surface area contributed by atoms with E-state index in [1.54, 1.807) is 24.3 Å². The zero-order valence-electron chi connectivity index (χ0n) is 18.9. The Bertz CT molecular complexity index is 1470. The smallest absolute Gasteiger partial charge is 0.262 e. The van der Waals surface area contributed by atoms with Gasteiger partial charge in [0.15, 0.2) is 6.61 Å². The van der Waals surface area contributed by atoms with Crippen molar-refractivity contribution >= 4 is 38.6 Å². The Kier molecular flexibility index (Phi) is 7.13. The lowest BCUT2D eigenvalue weighted by Gasteiger charge is -2.12. The summed E-state index contributed by atoms with van der Waals surface area (Å²) >= 11 is 1.56. The third kappa shape index (κ3) is 6.23. The van der Waals surface area contributed by atoms with Gasteiger partial charge in [0.05, 0.1) is 15.6 Å². The number of nitrogens with one attached hydrogen (secondary N) is 2. The molecule has 10 heteroatoms. The number of benzene rings is 3. The van der Waals surface area contributed by atoms with Gasteiger partial charge in [0.2, 0.25) is 0 Å². The van der Waals surface area contributed by atoms with Crippen LogP contribution in [-0.2, 0) is 14.8 Å². The van der Waals surface area contributed by atoms with Crippen molar-refractivity contribution in [1.82, 2.24) is 4.98 Å². The highest BCUT2D eigenvalue weighted by atomic mass is 32.2. The minimum absolute atomic E-state index is 0.0187. The topological polar surface area (TPSA) is 97.4 Å². The molecule has 180 valence electrons. The van der Waals surface area contributed by atoms with Crippen LogP contribution in [0.3, 0.4) is 0 Å². The zero-order valence-corrected chi connectivity index (χ0v) is 20.5. The van der Waals surface area contributed by atoms with Crippen LogP contribution in [0.4, 0.5) is 15.8 Å². The van der Waals surface area contributed by atoms with E-state index in [0.717, 1.165) is 16.3 Å². The number of aromatic nitrogens is 1. The van der Waals surface area contributed by atoms with E-state index in [-0.39, 0.29) is 23.1 Å². The number of halogens is 1. The predicted octanol–water partition coefficient (Wildman–Crippen LogP) is 5.38. The molecular formula is C25H22FN3O4S2. The molecule has 0 atom stereocenters. The van der Waals surface area contributed by atoms with Gasteiger partial charge in [0.1, 0.15) is 11.6 Å². The first kappa shape index (κ1) is 24.4. The summed E-state index contributed by atoms with van der Waals surface area (Å²) in [5.41, 5.74) is 3.15. The molecular weight excluding hydrogens is 489 g/mol. The highest BCUT2D eigenvalue weighted by Crippen LogP contribution is 2.25. The van der Waals surface area contributed by atoms with Crippen LogP contribution < -0.4 is 14.8 Å². The molecule has 1 aromatic heterocycles. The van der Waals surface area contributed by atoms with E-state index in [0.29, 0.717) is 17.0 Å². The van der Waals surface area contributed by atoms with Crippen molar-refractivity contribution in [1.29, 1.82) is 0 Å². The first-order valence-electron chi connectivity index (χ1n) is 10.5. The molecule has 35 heavy (non-hydrogen) atoms. The molecule has 0 aliphatic rings. The molecule has 2 N–H and O–H groups in total. The van der Waals surface area contributed by atoms with Crippen molar-refractivity contribution in [3.05, 3.63) is 88.5 Å². The molecule has 3 aromatic carbocycles. The van der Waals surface area contributed by atoms with Crippen molar-refractivity contribution < 1.29 is 22.3 Å². The van der Waals surface area contributed by atoms with Gasteiger partial charge >= 0.3 is 0 Å². The Hall–Kier alpha value is -3.76. The van der Waals surface area contributed by atoms with Crippen LogP contribution in [-0.4, -0.2) is 25.9 Å². The summed E-state index contributed by atoms with van der Waals surface area (Å²) in [7, 11) is -3.87. The van der Waals surface area contributed by atoms with E-state index in [9.17, 15) is 17.6 Å². The maximum Gasteiger partial charge on any atom is 0.262 e. The summed E-state index contributed by atoms with van der Waals surface area (Å²) in [6.07, 6.45) is 0. The molecule has 0 fully saturated rings. The minimum atomic E-state index is -3.87. The molecule has 0 aliphatic carbocycles. The number of nitrogens with zero attached hydrogens (tertiary/aromatic N) is 1. The number of rotatable bonds is 8. The summed E-state index contributed by atoms with van der Waals surface area (Å²) < 4.78 is 46.3. The van der Waals surface area contributed by atoms with Crippen LogP contribution in [0.15, 0.2) is 77.0 Å². The fourth-order valence-electron chi connectivity index (χ4n) is 3.28. The Balaban J connectivity index is 1.38. The van der Waals surface area contributed by atoms with E-state index in [2.05, 4.69) is 15.0 Å². The lowest BCUT2D eigenvalue weighted by Crippen LogP contribution is -2.20. The lowest BCUT2D eigenvalue weighted by molar-refractivity contribution is -0.118. The SMILES string of the molecule is Cc1nc(-c2cccc(NC(=O)COc3ccc(S(=O)(=O)Nc4ccc(F)cc4)cc3C)c2)cs1. The fourth-order valence-corrected chi connectivity index (χ4v) is 5.04. The van der Waals surface area contributed by atoms with Crippen LogP contribution in [0.5, 0.6) is 5.75 Å². The van der Waals surface area contributed by atoms with Gasteiger partial charge in [-0.25, -0.2) is 17.8 Å². The monoisotopic (exact) mass is 511 g/mol. The van der Waals surface area contributed by atoms with Crippen molar-refractivity contribution in [2.24, 2.45) is 0 Å². The Morgan fingerprint density at radius 3 is 2.49 bits per heavy atom. The third-order valence-corrected chi connectivity index (χ3v) is 7.13. The number of hydrogen-bond donors (Lipinski definition) is 2. The Labute approximate surface area is 206 Å². The standard InChI is InChI=1S/C25H22FN3O4S2/c1-16-12-22(35(31,32)29-20-8-6-19(26)7-9-20)10-11-24(16)33-14-25(30)28-21-5-3-4-18(13-21)23-15-34-17(2)27-23/h3-13,15,29H,14H2,1-2H3,(H,28,30). The second-order valence-corrected chi connectivity index (χ2v) is 10.5. The zero-order chi connectivity index (χ0) is 25.0. The second kappa shape index (κ2) is 10.2. The number of amides is 1. The van der Waals surface area contributed by atoms with Crippen molar-refractivity contribution in [2.45, 2.75) is 18.7 Å². The lowest BCUT2D eigenvalue weighted by atomic mass is 10.1. The molecule has 7 nitrogen and oxygen atoms in total. The molecule has 0 aliphatic heterocycles. The summed E-state index contributed by atoms with van der Waals surface area (Å²) in [5, 5.41) is 5.72. The van der Waals surface area contributed by atoms with E-state index in [1.165, 1.54) is 42.5 Å². The molecule has 1 amide bonds. The first-order valence-corrected chi connectivity index (χ1v) is 12.9. The summed E-state index contributed by atoms with van der Waals surface area (Å²) in [4.78, 5) is 16.9. The number of ether oxygens (including phenoxy) is 1. The van der Waals surface area contributed by atoms with Crippen molar-refractivity contribution in [3.8, 4) is 17.0 Å². The predicted molar refractivity (Wildman–Crippen MR) is 135 cm³/mol. The number of thiazole rings is 1. The van der Waals surface area contributed by atoms with Crippen molar-refractivity contribution in [3.63, 3.8) is 0 Å². The highest BCUT2D eigenvalue weighted by Gasteiger charge is 2.16. The van der Waals surface area contributed by atoms with Crippen LogP contribution in [0, 0.1) is 19.7 Å². The Morgan fingerprint density at radius 1 is 1.03 bits per heavy atom. The summed E-state index contributed by atoms with van der Waals surface area (Å²) in [6, 6.07) is 16.7. The fraction of sp³-hybridized carbons (Fsp3) is 0.120. The molecule has 0 spiro atoms. The maximum absolute atomic E-state index is 13.1. The number of anilines is 2. The molecule has 0 saturated heterocycles. The summed E-state index contributed by atoms with van der Waals surface area (Å²) in [5.74, 6) is -0.435. The second-order valence-electron chi connectivity index (χ2n) is 7.71. The number of hydrogen-bond acceptors (Lipinski definition) is 6. The van der Waals surface area contributed by atoms with E-state index in [1.807, 2.05) is 30.5 Å². The molecule has 0 bridgehead atoms. The van der Waals surface area contributed by atoms with Gasteiger partial charge < -0.3 is 10.1 Å². The molecule has 0 radical (unpaired) electrons.